The maximum atomic E-state index is 11.7. The predicted molar refractivity (Wildman–Crippen MR) is 64.1 cm³/mol. The second-order valence-electron chi connectivity index (χ2n) is 3.57. The SMILES string of the molecule is O=c1cc(-c2ccc(Cl)cc2)[nH]n2cnnc12. The molecule has 0 spiro atoms. The first-order valence-electron chi connectivity index (χ1n) is 4.93. The van der Waals surface area contributed by atoms with Gasteiger partial charge < -0.3 is 0 Å². The van der Waals surface area contributed by atoms with Crippen LogP contribution in [0.1, 0.15) is 0 Å². The van der Waals surface area contributed by atoms with Gasteiger partial charge in [-0.2, -0.15) is 0 Å². The Morgan fingerprint density at radius 3 is 2.76 bits per heavy atom. The summed E-state index contributed by atoms with van der Waals surface area (Å²) in [5.74, 6) is 0. The number of nitrogens with one attached hydrogen (secondary N) is 1. The summed E-state index contributed by atoms with van der Waals surface area (Å²) >= 11 is 5.81. The summed E-state index contributed by atoms with van der Waals surface area (Å²) in [7, 11) is 0. The average molecular weight is 247 g/mol. The molecule has 6 heteroatoms. The fourth-order valence-corrected chi connectivity index (χ4v) is 1.75. The first-order chi connectivity index (χ1) is 8.24. The number of rotatable bonds is 1. The van der Waals surface area contributed by atoms with Crippen molar-refractivity contribution in [3.63, 3.8) is 0 Å². The zero-order chi connectivity index (χ0) is 11.8. The molecule has 0 atom stereocenters. The molecule has 2 aromatic heterocycles. The molecule has 3 aromatic rings. The van der Waals surface area contributed by atoms with E-state index in [9.17, 15) is 4.79 Å². The molecule has 0 fully saturated rings. The summed E-state index contributed by atoms with van der Waals surface area (Å²) in [5.41, 5.74) is 1.68. The van der Waals surface area contributed by atoms with E-state index >= 15 is 0 Å². The van der Waals surface area contributed by atoms with E-state index in [4.69, 9.17) is 11.6 Å². The van der Waals surface area contributed by atoms with Crippen molar-refractivity contribution in [1.82, 2.24) is 19.8 Å². The number of aromatic nitrogens is 4. The van der Waals surface area contributed by atoms with E-state index in [0.717, 1.165) is 5.56 Å². The van der Waals surface area contributed by atoms with Crippen LogP contribution in [0.15, 0.2) is 41.5 Å². The maximum Gasteiger partial charge on any atom is 0.227 e. The van der Waals surface area contributed by atoms with E-state index in [0.29, 0.717) is 10.7 Å². The molecular weight excluding hydrogens is 240 g/mol. The minimum Gasteiger partial charge on any atom is -0.291 e. The Bertz CT molecular complexity index is 729. The number of halogens is 1. The third kappa shape index (κ3) is 1.70. The smallest absolute Gasteiger partial charge is 0.227 e. The van der Waals surface area contributed by atoms with Gasteiger partial charge in [-0.25, -0.2) is 4.52 Å². The average Bonchev–Trinajstić information content (AvgIpc) is 2.78. The van der Waals surface area contributed by atoms with Crippen molar-refractivity contribution in [2.75, 3.05) is 0 Å². The van der Waals surface area contributed by atoms with E-state index in [2.05, 4.69) is 15.3 Å². The lowest BCUT2D eigenvalue weighted by atomic mass is 10.1. The van der Waals surface area contributed by atoms with Gasteiger partial charge in [0, 0.05) is 11.1 Å². The zero-order valence-corrected chi connectivity index (χ0v) is 9.35. The highest BCUT2D eigenvalue weighted by Crippen LogP contribution is 2.18. The fourth-order valence-electron chi connectivity index (χ4n) is 1.62. The molecule has 1 N–H and O–H groups in total. The van der Waals surface area contributed by atoms with Gasteiger partial charge in [0.2, 0.25) is 11.1 Å². The van der Waals surface area contributed by atoms with Gasteiger partial charge in [-0.05, 0) is 17.7 Å². The molecule has 2 heterocycles. The van der Waals surface area contributed by atoms with Crippen molar-refractivity contribution in [2.45, 2.75) is 0 Å². The van der Waals surface area contributed by atoms with Crippen molar-refractivity contribution in [3.05, 3.63) is 51.9 Å². The summed E-state index contributed by atoms with van der Waals surface area (Å²) in [6.07, 6.45) is 1.45. The highest BCUT2D eigenvalue weighted by molar-refractivity contribution is 6.30. The van der Waals surface area contributed by atoms with Gasteiger partial charge in [0.15, 0.2) is 0 Å². The van der Waals surface area contributed by atoms with Crippen LogP contribution < -0.4 is 5.43 Å². The zero-order valence-electron chi connectivity index (χ0n) is 8.59. The van der Waals surface area contributed by atoms with Crippen LogP contribution >= 0.6 is 11.6 Å². The van der Waals surface area contributed by atoms with Crippen molar-refractivity contribution in [2.24, 2.45) is 0 Å². The minimum atomic E-state index is -0.175. The van der Waals surface area contributed by atoms with Gasteiger partial charge in [0.05, 0.1) is 5.69 Å². The quantitative estimate of drug-likeness (QED) is 0.711. The summed E-state index contributed by atoms with van der Waals surface area (Å²) < 4.78 is 1.49. The standard InChI is InChI=1S/C11H7ClN4O/c12-8-3-1-7(2-4-8)9-5-10(17)11-14-13-6-16(11)15-9/h1-6,15H. The number of hydrogen-bond donors (Lipinski definition) is 1. The summed E-state index contributed by atoms with van der Waals surface area (Å²) in [5, 5.41) is 11.1. The lowest BCUT2D eigenvalue weighted by Crippen LogP contribution is -2.08. The third-order valence-corrected chi connectivity index (χ3v) is 2.69. The Kier molecular flexibility index (Phi) is 2.19. The van der Waals surface area contributed by atoms with Crippen molar-refractivity contribution in [1.29, 1.82) is 0 Å². The normalized spacial score (nSPS) is 10.9. The van der Waals surface area contributed by atoms with E-state index in [1.807, 2.05) is 12.1 Å². The molecule has 0 amide bonds. The molecule has 0 unspecified atom stereocenters. The second kappa shape index (κ2) is 3.71. The van der Waals surface area contributed by atoms with Crippen molar-refractivity contribution < 1.29 is 0 Å². The lowest BCUT2D eigenvalue weighted by molar-refractivity contribution is 0.927. The molecule has 1 aromatic carbocycles. The maximum absolute atomic E-state index is 11.7. The molecule has 3 rings (SSSR count). The molecule has 0 saturated heterocycles. The molecule has 0 radical (unpaired) electrons. The summed E-state index contributed by atoms with van der Waals surface area (Å²) in [4.78, 5) is 11.7. The molecule has 0 bridgehead atoms. The first kappa shape index (κ1) is 10.0. The number of H-pyrrole nitrogens is 1. The van der Waals surface area contributed by atoms with Gasteiger partial charge >= 0.3 is 0 Å². The van der Waals surface area contributed by atoms with Gasteiger partial charge in [-0.15, -0.1) is 10.2 Å². The molecule has 0 aliphatic carbocycles. The minimum absolute atomic E-state index is 0.175. The van der Waals surface area contributed by atoms with Crippen molar-refractivity contribution >= 4 is 17.2 Å². The Morgan fingerprint density at radius 1 is 1.24 bits per heavy atom. The van der Waals surface area contributed by atoms with Crippen LogP contribution in [-0.4, -0.2) is 19.8 Å². The lowest BCUT2D eigenvalue weighted by Gasteiger charge is -2.02. The highest BCUT2D eigenvalue weighted by Gasteiger charge is 2.05. The predicted octanol–water partition coefficient (Wildman–Crippen LogP) is 1.74. The fraction of sp³-hybridized carbons (Fsp3) is 0. The van der Waals surface area contributed by atoms with Crippen LogP contribution in [0.25, 0.3) is 16.9 Å². The second-order valence-corrected chi connectivity index (χ2v) is 4.00. The van der Waals surface area contributed by atoms with Gasteiger partial charge in [-0.1, -0.05) is 23.7 Å². The van der Waals surface area contributed by atoms with Crippen LogP contribution in [0.3, 0.4) is 0 Å². The van der Waals surface area contributed by atoms with Crippen LogP contribution in [0, 0.1) is 0 Å². The number of fused-ring (bicyclic) bond motifs is 1. The largest absolute Gasteiger partial charge is 0.291 e. The van der Waals surface area contributed by atoms with Gasteiger partial charge in [0.1, 0.15) is 6.33 Å². The Balaban J connectivity index is 2.23. The van der Waals surface area contributed by atoms with Crippen LogP contribution in [0.2, 0.25) is 5.02 Å². The Hall–Kier alpha value is -2.14. The summed E-state index contributed by atoms with van der Waals surface area (Å²) in [6, 6.07) is 8.71. The molecule has 0 saturated carbocycles. The van der Waals surface area contributed by atoms with Crippen LogP contribution in [-0.2, 0) is 0 Å². The van der Waals surface area contributed by atoms with Crippen LogP contribution in [0.4, 0.5) is 0 Å². The topological polar surface area (TPSA) is 63.0 Å². The van der Waals surface area contributed by atoms with Crippen LogP contribution in [0.5, 0.6) is 0 Å². The monoisotopic (exact) mass is 246 g/mol. The van der Waals surface area contributed by atoms with E-state index < -0.39 is 0 Å². The van der Waals surface area contributed by atoms with E-state index in [1.165, 1.54) is 16.9 Å². The van der Waals surface area contributed by atoms with Crippen molar-refractivity contribution in [3.8, 4) is 11.3 Å². The number of nitrogens with zero attached hydrogens (tertiary/aromatic N) is 3. The first-order valence-corrected chi connectivity index (χ1v) is 5.31. The highest BCUT2D eigenvalue weighted by atomic mass is 35.5. The number of hydrogen-bond acceptors (Lipinski definition) is 3. The number of aromatic amines is 1. The Morgan fingerprint density at radius 2 is 2.00 bits per heavy atom. The third-order valence-electron chi connectivity index (χ3n) is 2.44. The molecule has 0 aliphatic heterocycles. The van der Waals surface area contributed by atoms with E-state index in [1.54, 1.807) is 12.1 Å². The molecule has 84 valence electrons. The van der Waals surface area contributed by atoms with E-state index in [-0.39, 0.29) is 11.1 Å². The molecular formula is C11H7ClN4O. The summed E-state index contributed by atoms with van der Waals surface area (Å²) in [6.45, 7) is 0. The van der Waals surface area contributed by atoms with Gasteiger partial charge in [-0.3, -0.25) is 9.89 Å². The molecule has 0 aliphatic rings. The Labute approximate surface area is 101 Å². The number of benzene rings is 1. The molecule has 5 nitrogen and oxygen atoms in total. The van der Waals surface area contributed by atoms with Gasteiger partial charge in [0.25, 0.3) is 0 Å². The molecule has 17 heavy (non-hydrogen) atoms.